The minimum absolute atomic E-state index is 0.297. The van der Waals surface area contributed by atoms with Gasteiger partial charge in [-0.15, -0.1) is 0 Å². The quantitative estimate of drug-likeness (QED) is 0.574. The molecule has 0 N–H and O–H groups in total. The summed E-state index contributed by atoms with van der Waals surface area (Å²) < 4.78 is 10.9. The van der Waals surface area contributed by atoms with Crippen molar-refractivity contribution in [1.29, 1.82) is 5.26 Å². The number of nitriles is 1. The van der Waals surface area contributed by atoms with E-state index in [-0.39, 0.29) is 19.0 Å². The number of nitrogens with zero attached hydrogens (tertiary/aromatic N) is 1. The summed E-state index contributed by atoms with van der Waals surface area (Å²) in [5.74, 6) is -0.691. The normalized spacial score (nSPS) is 9.74. The Bertz CT molecular complexity index is 767. The second kappa shape index (κ2) is 8.11. The number of rotatable bonds is 6. The van der Waals surface area contributed by atoms with Gasteiger partial charge in [0.05, 0.1) is 5.56 Å². The van der Waals surface area contributed by atoms with E-state index in [1.807, 2.05) is 6.07 Å². The predicted octanol–water partition coefficient (Wildman–Crippen LogP) is 3.13. The Hall–Kier alpha value is -2.65. The summed E-state index contributed by atoms with van der Waals surface area (Å²) in [5, 5.41) is 8.91. The number of ketones is 1. The van der Waals surface area contributed by atoms with Gasteiger partial charge < -0.3 is 9.47 Å². The minimum Gasteiger partial charge on any atom is -0.481 e. The molecule has 116 valence electrons. The van der Waals surface area contributed by atoms with Crippen LogP contribution >= 0.6 is 15.9 Å². The van der Waals surface area contributed by atoms with E-state index in [9.17, 15) is 9.59 Å². The maximum absolute atomic E-state index is 11.9. The van der Waals surface area contributed by atoms with Crippen LogP contribution in [0.3, 0.4) is 0 Å². The lowest BCUT2D eigenvalue weighted by molar-refractivity contribution is -0.144. The van der Waals surface area contributed by atoms with Crippen molar-refractivity contribution in [2.24, 2.45) is 0 Å². The Balaban J connectivity index is 1.84. The van der Waals surface area contributed by atoms with Crippen molar-refractivity contribution in [1.82, 2.24) is 0 Å². The SMILES string of the molecule is N#Cc1ccccc1OCC(=O)OCC(=O)c1cccc(Br)c1. The van der Waals surface area contributed by atoms with Crippen LogP contribution in [-0.2, 0) is 9.53 Å². The number of halogens is 1. The third-order valence-corrected chi connectivity index (χ3v) is 3.36. The first-order valence-electron chi connectivity index (χ1n) is 6.66. The largest absolute Gasteiger partial charge is 0.481 e. The number of para-hydroxylation sites is 1. The standard InChI is InChI=1S/C17H12BrNO4/c18-14-6-3-5-12(8-14)15(20)10-23-17(21)11-22-16-7-2-1-4-13(16)9-19/h1-8H,10-11H2. The molecule has 0 bridgehead atoms. The van der Waals surface area contributed by atoms with Crippen LogP contribution in [0.25, 0.3) is 0 Å². The van der Waals surface area contributed by atoms with Gasteiger partial charge in [-0.1, -0.05) is 40.2 Å². The van der Waals surface area contributed by atoms with E-state index in [2.05, 4.69) is 15.9 Å². The van der Waals surface area contributed by atoms with Gasteiger partial charge in [-0.25, -0.2) is 4.79 Å². The van der Waals surface area contributed by atoms with Crippen LogP contribution in [0, 0.1) is 11.3 Å². The summed E-state index contributed by atoms with van der Waals surface area (Å²) in [5.41, 5.74) is 0.772. The third-order valence-electron chi connectivity index (χ3n) is 2.86. The number of ether oxygens (including phenoxy) is 2. The van der Waals surface area contributed by atoms with Gasteiger partial charge in [-0.05, 0) is 24.3 Å². The second-order valence-electron chi connectivity index (χ2n) is 4.49. The van der Waals surface area contributed by atoms with Crippen molar-refractivity contribution < 1.29 is 19.1 Å². The molecule has 6 heteroatoms. The molecule has 2 aromatic rings. The highest BCUT2D eigenvalue weighted by molar-refractivity contribution is 9.10. The van der Waals surface area contributed by atoms with E-state index >= 15 is 0 Å². The number of Topliss-reactive ketones (excluding diaryl/α,β-unsaturated/α-hetero) is 1. The maximum Gasteiger partial charge on any atom is 0.344 e. The average molecular weight is 374 g/mol. The van der Waals surface area contributed by atoms with E-state index < -0.39 is 5.97 Å². The zero-order chi connectivity index (χ0) is 16.7. The fraction of sp³-hybridized carbons (Fsp3) is 0.118. The second-order valence-corrected chi connectivity index (χ2v) is 5.41. The highest BCUT2D eigenvalue weighted by atomic mass is 79.9. The molecule has 0 aliphatic heterocycles. The van der Waals surface area contributed by atoms with Gasteiger partial charge in [0.25, 0.3) is 0 Å². The number of carbonyl (C=O) groups excluding carboxylic acids is 2. The van der Waals surface area contributed by atoms with Gasteiger partial charge in [0, 0.05) is 10.0 Å². The fourth-order valence-electron chi connectivity index (χ4n) is 1.75. The molecule has 5 nitrogen and oxygen atoms in total. The van der Waals surface area contributed by atoms with Crippen LogP contribution in [-0.4, -0.2) is 25.0 Å². The zero-order valence-electron chi connectivity index (χ0n) is 12.0. The van der Waals surface area contributed by atoms with Gasteiger partial charge >= 0.3 is 5.97 Å². The van der Waals surface area contributed by atoms with Gasteiger partial charge in [-0.2, -0.15) is 5.26 Å². The molecule has 0 aromatic heterocycles. The van der Waals surface area contributed by atoms with Gasteiger partial charge in [0.15, 0.2) is 19.0 Å². The molecule has 0 aliphatic rings. The number of hydrogen-bond acceptors (Lipinski definition) is 5. The predicted molar refractivity (Wildman–Crippen MR) is 86.1 cm³/mol. The minimum atomic E-state index is -0.680. The lowest BCUT2D eigenvalue weighted by atomic mass is 10.1. The summed E-state index contributed by atoms with van der Waals surface area (Å²) in [4.78, 5) is 23.5. The van der Waals surface area contributed by atoms with E-state index in [1.54, 1.807) is 48.5 Å². The fourth-order valence-corrected chi connectivity index (χ4v) is 2.15. The Morgan fingerprint density at radius 1 is 1.09 bits per heavy atom. The van der Waals surface area contributed by atoms with Gasteiger partial charge in [-0.3, -0.25) is 4.79 Å². The van der Waals surface area contributed by atoms with Gasteiger partial charge in [0.1, 0.15) is 11.8 Å². The third kappa shape index (κ3) is 4.94. The van der Waals surface area contributed by atoms with Crippen molar-refractivity contribution in [3.63, 3.8) is 0 Å². The smallest absolute Gasteiger partial charge is 0.344 e. The monoisotopic (exact) mass is 373 g/mol. The summed E-state index contributed by atoms with van der Waals surface area (Å²) in [6, 6.07) is 15.3. The summed E-state index contributed by atoms with van der Waals surface area (Å²) in [6.07, 6.45) is 0. The number of hydrogen-bond donors (Lipinski definition) is 0. The van der Waals surface area contributed by atoms with Gasteiger partial charge in [0.2, 0.25) is 0 Å². The van der Waals surface area contributed by atoms with E-state index in [1.165, 1.54) is 0 Å². The average Bonchev–Trinajstić information content (AvgIpc) is 2.58. The molecule has 2 rings (SSSR count). The van der Waals surface area contributed by atoms with Crippen molar-refractivity contribution in [3.8, 4) is 11.8 Å². The van der Waals surface area contributed by atoms with Crippen LogP contribution in [0.15, 0.2) is 53.0 Å². The van der Waals surface area contributed by atoms with Crippen LogP contribution in [0.2, 0.25) is 0 Å². The topological polar surface area (TPSA) is 76.4 Å². The molecule has 0 spiro atoms. The maximum atomic E-state index is 11.9. The lowest BCUT2D eigenvalue weighted by Crippen LogP contribution is -2.19. The molecule has 0 saturated carbocycles. The number of benzene rings is 2. The first-order valence-corrected chi connectivity index (χ1v) is 7.46. The van der Waals surface area contributed by atoms with Crippen molar-refractivity contribution in [2.75, 3.05) is 13.2 Å². The summed E-state index contributed by atoms with van der Waals surface area (Å²) in [6.45, 7) is -0.733. The molecule has 0 fully saturated rings. The molecule has 2 aromatic carbocycles. The molecular formula is C17H12BrNO4. The molecule has 0 amide bonds. The van der Waals surface area contributed by atoms with Crippen LogP contribution in [0.1, 0.15) is 15.9 Å². The zero-order valence-corrected chi connectivity index (χ0v) is 13.6. The Morgan fingerprint density at radius 3 is 2.61 bits per heavy atom. The van der Waals surface area contributed by atoms with Crippen molar-refractivity contribution in [2.45, 2.75) is 0 Å². The Morgan fingerprint density at radius 2 is 1.87 bits per heavy atom. The number of esters is 1. The Kier molecular flexibility index (Phi) is 5.89. The molecular weight excluding hydrogens is 362 g/mol. The summed E-state index contributed by atoms with van der Waals surface area (Å²) >= 11 is 3.27. The molecule has 23 heavy (non-hydrogen) atoms. The van der Waals surface area contributed by atoms with Crippen molar-refractivity contribution in [3.05, 3.63) is 64.1 Å². The van der Waals surface area contributed by atoms with Crippen LogP contribution in [0.5, 0.6) is 5.75 Å². The number of carbonyl (C=O) groups is 2. The highest BCUT2D eigenvalue weighted by Gasteiger charge is 2.11. The van der Waals surface area contributed by atoms with Crippen molar-refractivity contribution >= 4 is 27.7 Å². The molecule has 0 aliphatic carbocycles. The summed E-state index contributed by atoms with van der Waals surface area (Å²) in [7, 11) is 0. The van der Waals surface area contributed by atoms with Crippen LogP contribution in [0.4, 0.5) is 0 Å². The molecule has 0 heterocycles. The van der Waals surface area contributed by atoms with Crippen LogP contribution < -0.4 is 4.74 Å². The van der Waals surface area contributed by atoms with E-state index in [0.29, 0.717) is 16.9 Å². The molecule has 0 radical (unpaired) electrons. The van der Waals surface area contributed by atoms with E-state index in [0.717, 1.165) is 4.47 Å². The van der Waals surface area contributed by atoms with E-state index in [4.69, 9.17) is 14.7 Å². The highest BCUT2D eigenvalue weighted by Crippen LogP contribution is 2.16. The lowest BCUT2D eigenvalue weighted by Gasteiger charge is -2.08. The molecule has 0 atom stereocenters. The first-order chi connectivity index (χ1) is 11.1. The molecule has 0 unspecified atom stereocenters. The Labute approximate surface area is 141 Å². The molecule has 0 saturated heterocycles. The first kappa shape index (κ1) is 16.7.